The molecule has 1 N–H and O–H groups in total. The fraction of sp³-hybridized carbons (Fsp3) is 0.143. The van der Waals surface area contributed by atoms with E-state index in [4.69, 9.17) is 4.74 Å². The number of methoxy groups -OCH3 is 1. The molecule has 0 saturated carbocycles. The molecule has 0 bridgehead atoms. The lowest BCUT2D eigenvalue weighted by atomic mass is 10.2. The summed E-state index contributed by atoms with van der Waals surface area (Å²) in [6, 6.07) is 10.3. The summed E-state index contributed by atoms with van der Waals surface area (Å²) in [5.41, 5.74) is 1.21. The predicted molar refractivity (Wildman–Crippen MR) is 74.9 cm³/mol. The molecule has 0 aliphatic rings. The Kier molecular flexibility index (Phi) is 3.94. The van der Waals surface area contributed by atoms with Crippen LogP contribution < -0.4 is 9.46 Å². The molecule has 2 rings (SSSR count). The van der Waals surface area contributed by atoms with E-state index >= 15 is 0 Å². The van der Waals surface area contributed by atoms with Gasteiger partial charge in [-0.05, 0) is 36.8 Å². The van der Waals surface area contributed by atoms with Crippen LogP contribution in [0, 0.1) is 12.7 Å². The molecule has 6 heteroatoms. The van der Waals surface area contributed by atoms with E-state index in [1.54, 1.807) is 31.2 Å². The Labute approximate surface area is 117 Å². The summed E-state index contributed by atoms with van der Waals surface area (Å²) in [4.78, 5) is -0.233. The van der Waals surface area contributed by atoms with Gasteiger partial charge < -0.3 is 4.74 Å². The van der Waals surface area contributed by atoms with Gasteiger partial charge in [-0.1, -0.05) is 18.2 Å². The average molecular weight is 295 g/mol. The largest absolute Gasteiger partial charge is 0.495 e. The average Bonchev–Trinajstić information content (AvgIpc) is 2.41. The highest BCUT2D eigenvalue weighted by atomic mass is 32.2. The van der Waals surface area contributed by atoms with E-state index in [0.29, 0.717) is 5.69 Å². The Bertz CT molecular complexity index is 729. The van der Waals surface area contributed by atoms with Crippen molar-refractivity contribution in [2.45, 2.75) is 11.8 Å². The second-order valence-corrected chi connectivity index (χ2v) is 5.87. The second kappa shape index (κ2) is 5.50. The van der Waals surface area contributed by atoms with E-state index in [1.165, 1.54) is 13.2 Å². The van der Waals surface area contributed by atoms with Crippen LogP contribution in [0.15, 0.2) is 47.4 Å². The van der Waals surface area contributed by atoms with Crippen LogP contribution in [0.25, 0.3) is 0 Å². The van der Waals surface area contributed by atoms with Gasteiger partial charge in [0.15, 0.2) is 0 Å². The summed E-state index contributed by atoms with van der Waals surface area (Å²) < 4.78 is 45.3. The fourth-order valence-corrected chi connectivity index (χ4v) is 3.06. The number of benzene rings is 2. The molecule has 0 heterocycles. The third-order valence-corrected chi connectivity index (χ3v) is 4.19. The number of aryl methyl sites for hydroxylation is 1. The topological polar surface area (TPSA) is 55.4 Å². The van der Waals surface area contributed by atoms with Crippen LogP contribution in [0.1, 0.15) is 5.56 Å². The van der Waals surface area contributed by atoms with Crippen molar-refractivity contribution in [2.75, 3.05) is 11.8 Å². The minimum absolute atomic E-state index is 0.0903. The van der Waals surface area contributed by atoms with E-state index in [2.05, 4.69) is 4.72 Å². The Morgan fingerprint density at radius 1 is 1.15 bits per heavy atom. The van der Waals surface area contributed by atoms with Crippen LogP contribution >= 0.6 is 0 Å². The van der Waals surface area contributed by atoms with Crippen LogP contribution in [0.2, 0.25) is 0 Å². The van der Waals surface area contributed by atoms with Gasteiger partial charge in [-0.25, -0.2) is 12.8 Å². The van der Waals surface area contributed by atoms with Gasteiger partial charge in [-0.15, -0.1) is 0 Å². The summed E-state index contributed by atoms with van der Waals surface area (Å²) in [7, 11) is -2.58. The van der Waals surface area contributed by atoms with Crippen molar-refractivity contribution in [3.8, 4) is 5.75 Å². The summed E-state index contributed by atoms with van der Waals surface area (Å²) >= 11 is 0. The highest BCUT2D eigenvalue weighted by molar-refractivity contribution is 7.92. The van der Waals surface area contributed by atoms with Gasteiger partial charge in [0, 0.05) is 0 Å². The van der Waals surface area contributed by atoms with Crippen LogP contribution in [0.5, 0.6) is 5.75 Å². The van der Waals surface area contributed by atoms with E-state index in [-0.39, 0.29) is 10.6 Å². The molecule has 0 fully saturated rings. The van der Waals surface area contributed by atoms with Crippen LogP contribution in [-0.4, -0.2) is 15.5 Å². The first-order valence-corrected chi connectivity index (χ1v) is 7.34. The van der Waals surface area contributed by atoms with Crippen molar-refractivity contribution in [1.82, 2.24) is 0 Å². The lowest BCUT2D eigenvalue weighted by Gasteiger charge is -2.13. The Hall–Kier alpha value is -2.08. The van der Waals surface area contributed by atoms with E-state index < -0.39 is 15.8 Å². The van der Waals surface area contributed by atoms with Crippen molar-refractivity contribution < 1.29 is 17.5 Å². The lowest BCUT2D eigenvalue weighted by Crippen LogP contribution is -2.15. The predicted octanol–water partition coefficient (Wildman–Crippen LogP) is 2.94. The maximum Gasteiger partial charge on any atom is 0.265 e. The van der Waals surface area contributed by atoms with Crippen LogP contribution in [0.3, 0.4) is 0 Å². The smallest absolute Gasteiger partial charge is 0.265 e. The van der Waals surface area contributed by atoms with Gasteiger partial charge in [0.25, 0.3) is 10.0 Å². The van der Waals surface area contributed by atoms with Gasteiger partial charge in [0.2, 0.25) is 0 Å². The molecule has 0 aliphatic carbocycles. The van der Waals surface area contributed by atoms with Gasteiger partial charge in [0.1, 0.15) is 16.5 Å². The quantitative estimate of drug-likeness (QED) is 0.943. The number of sulfonamides is 1. The van der Waals surface area contributed by atoms with Crippen molar-refractivity contribution in [3.05, 3.63) is 53.8 Å². The highest BCUT2D eigenvalue weighted by Crippen LogP contribution is 2.27. The normalized spacial score (nSPS) is 11.2. The Balaban J connectivity index is 2.46. The van der Waals surface area contributed by atoms with E-state index in [0.717, 1.165) is 17.7 Å². The van der Waals surface area contributed by atoms with Gasteiger partial charge in [0.05, 0.1) is 12.8 Å². The number of nitrogens with one attached hydrogen (secondary N) is 1. The van der Waals surface area contributed by atoms with Crippen molar-refractivity contribution in [1.29, 1.82) is 0 Å². The van der Waals surface area contributed by atoms with E-state index in [9.17, 15) is 12.8 Å². The van der Waals surface area contributed by atoms with Crippen molar-refractivity contribution in [3.63, 3.8) is 0 Å². The first-order chi connectivity index (χ1) is 9.44. The minimum atomic E-state index is -3.92. The molecule has 0 aliphatic heterocycles. The zero-order chi connectivity index (χ0) is 14.8. The SMILES string of the molecule is COc1ccc(F)cc1S(=O)(=O)Nc1ccccc1C. The van der Waals surface area contributed by atoms with Gasteiger partial charge in [-0.3, -0.25) is 4.72 Å². The molecule has 0 amide bonds. The Morgan fingerprint density at radius 3 is 2.50 bits per heavy atom. The number of para-hydroxylation sites is 1. The molecular weight excluding hydrogens is 281 g/mol. The zero-order valence-electron chi connectivity index (χ0n) is 11.1. The molecule has 4 nitrogen and oxygen atoms in total. The maximum atomic E-state index is 13.3. The molecule has 0 atom stereocenters. The first kappa shape index (κ1) is 14.3. The molecule has 2 aromatic carbocycles. The molecule has 0 spiro atoms. The third kappa shape index (κ3) is 2.91. The van der Waals surface area contributed by atoms with Crippen LogP contribution in [-0.2, 0) is 10.0 Å². The molecule has 0 saturated heterocycles. The summed E-state index contributed by atoms with van der Waals surface area (Å²) in [6.45, 7) is 1.78. The second-order valence-electron chi connectivity index (χ2n) is 4.22. The molecule has 2 aromatic rings. The minimum Gasteiger partial charge on any atom is -0.495 e. The Morgan fingerprint density at radius 2 is 1.85 bits per heavy atom. The molecule has 0 aromatic heterocycles. The standard InChI is InChI=1S/C14H14FNO3S/c1-10-5-3-4-6-12(10)16-20(17,18)14-9-11(15)7-8-13(14)19-2/h3-9,16H,1-2H3. The first-order valence-electron chi connectivity index (χ1n) is 5.86. The number of halogens is 1. The molecule has 0 unspecified atom stereocenters. The van der Waals surface area contributed by atoms with Gasteiger partial charge in [-0.2, -0.15) is 0 Å². The molecular formula is C14H14FNO3S. The molecule has 106 valence electrons. The maximum absolute atomic E-state index is 13.3. The highest BCUT2D eigenvalue weighted by Gasteiger charge is 2.21. The zero-order valence-corrected chi connectivity index (χ0v) is 11.9. The van der Waals surface area contributed by atoms with Crippen molar-refractivity contribution in [2.24, 2.45) is 0 Å². The summed E-state index contributed by atoms with van der Waals surface area (Å²) in [5.74, 6) is -0.552. The fourth-order valence-electron chi connectivity index (χ4n) is 1.75. The monoisotopic (exact) mass is 295 g/mol. The third-order valence-electron chi connectivity index (χ3n) is 2.80. The van der Waals surface area contributed by atoms with Crippen LogP contribution in [0.4, 0.5) is 10.1 Å². The number of anilines is 1. The van der Waals surface area contributed by atoms with Gasteiger partial charge >= 0.3 is 0 Å². The molecule has 20 heavy (non-hydrogen) atoms. The number of rotatable bonds is 4. The lowest BCUT2D eigenvalue weighted by molar-refractivity contribution is 0.401. The number of ether oxygens (including phenoxy) is 1. The molecule has 0 radical (unpaired) electrons. The summed E-state index contributed by atoms with van der Waals surface area (Å²) in [6.07, 6.45) is 0. The van der Waals surface area contributed by atoms with E-state index in [1.807, 2.05) is 0 Å². The number of hydrogen-bond acceptors (Lipinski definition) is 3. The summed E-state index contributed by atoms with van der Waals surface area (Å²) in [5, 5.41) is 0. The number of hydrogen-bond donors (Lipinski definition) is 1. The van der Waals surface area contributed by atoms with Crippen molar-refractivity contribution >= 4 is 15.7 Å².